The lowest BCUT2D eigenvalue weighted by molar-refractivity contribution is 0.242. The molecule has 0 saturated heterocycles. The molecule has 0 spiro atoms. The fourth-order valence-corrected chi connectivity index (χ4v) is 4.28. The summed E-state index contributed by atoms with van der Waals surface area (Å²) in [5, 5.41) is 5.95. The largest absolute Gasteiger partial charge is 0.490 e. The Balaban J connectivity index is 1.69. The summed E-state index contributed by atoms with van der Waals surface area (Å²) < 4.78 is 14.3. The van der Waals surface area contributed by atoms with E-state index in [-0.39, 0.29) is 11.7 Å². The van der Waals surface area contributed by atoms with Crippen LogP contribution in [0, 0.1) is 0 Å². The third kappa shape index (κ3) is 4.64. The number of hydrogen-bond acceptors (Lipinski definition) is 6. The molecule has 0 amide bonds. The van der Waals surface area contributed by atoms with Gasteiger partial charge in [0.05, 0.1) is 23.2 Å². The van der Waals surface area contributed by atoms with Crippen molar-refractivity contribution < 1.29 is 9.15 Å². The summed E-state index contributed by atoms with van der Waals surface area (Å²) in [6.45, 7) is 3.94. The molecule has 0 unspecified atom stereocenters. The standard InChI is InChI=1S/C28H25BrN4O3/c1-17(2)35-25-15-21(32(3)4)11-9-18(25)16-30-33-27(31-23-8-6-5-7-22(23)28(33)34)26-14-19-13-20(29)10-12-24(19)36-26/h5-17H,1-4H3. The van der Waals surface area contributed by atoms with Crippen LogP contribution in [0.25, 0.3) is 33.5 Å². The van der Waals surface area contributed by atoms with Crippen LogP contribution in [0.3, 0.4) is 0 Å². The maximum atomic E-state index is 13.5. The van der Waals surface area contributed by atoms with Crippen LogP contribution < -0.4 is 15.2 Å². The Morgan fingerprint density at radius 1 is 1.08 bits per heavy atom. The van der Waals surface area contributed by atoms with Crippen LogP contribution >= 0.6 is 15.9 Å². The highest BCUT2D eigenvalue weighted by Crippen LogP contribution is 2.30. The Kier molecular flexibility index (Phi) is 6.36. The Labute approximate surface area is 216 Å². The zero-order chi connectivity index (χ0) is 25.4. The molecule has 0 saturated carbocycles. The molecular weight excluding hydrogens is 520 g/mol. The first-order valence-electron chi connectivity index (χ1n) is 11.5. The topological polar surface area (TPSA) is 72.9 Å². The van der Waals surface area contributed by atoms with Gasteiger partial charge in [-0.05, 0) is 62.4 Å². The Morgan fingerprint density at radius 2 is 1.89 bits per heavy atom. The first kappa shape index (κ1) is 23.8. The maximum Gasteiger partial charge on any atom is 0.282 e. The van der Waals surface area contributed by atoms with E-state index in [0.29, 0.717) is 33.8 Å². The van der Waals surface area contributed by atoms with Gasteiger partial charge in [0.15, 0.2) is 5.76 Å². The number of para-hydroxylation sites is 1. The first-order valence-corrected chi connectivity index (χ1v) is 12.3. The van der Waals surface area contributed by atoms with E-state index in [0.717, 1.165) is 21.1 Å². The number of anilines is 1. The lowest BCUT2D eigenvalue weighted by Crippen LogP contribution is -2.20. The molecular formula is C28H25BrN4O3. The van der Waals surface area contributed by atoms with E-state index in [4.69, 9.17) is 14.1 Å². The van der Waals surface area contributed by atoms with Crippen molar-refractivity contribution in [3.05, 3.63) is 87.1 Å². The molecule has 5 aromatic rings. The monoisotopic (exact) mass is 544 g/mol. The van der Waals surface area contributed by atoms with Gasteiger partial charge in [0.25, 0.3) is 5.56 Å². The number of benzene rings is 3. The molecule has 0 aliphatic rings. The smallest absolute Gasteiger partial charge is 0.282 e. The molecule has 0 bridgehead atoms. The second-order valence-corrected chi connectivity index (χ2v) is 9.81. The summed E-state index contributed by atoms with van der Waals surface area (Å²) >= 11 is 3.49. The van der Waals surface area contributed by atoms with Gasteiger partial charge in [-0.3, -0.25) is 4.79 Å². The van der Waals surface area contributed by atoms with Gasteiger partial charge in [-0.15, -0.1) is 0 Å². The molecule has 7 nitrogen and oxygen atoms in total. The van der Waals surface area contributed by atoms with Gasteiger partial charge in [-0.1, -0.05) is 28.1 Å². The molecule has 2 heterocycles. The average Bonchev–Trinajstić information content (AvgIpc) is 3.26. The van der Waals surface area contributed by atoms with E-state index >= 15 is 0 Å². The zero-order valence-corrected chi connectivity index (χ0v) is 22.0. The molecule has 0 radical (unpaired) electrons. The number of fused-ring (bicyclic) bond motifs is 2. The van der Waals surface area contributed by atoms with Crippen LogP contribution in [-0.4, -0.2) is 36.1 Å². The third-order valence-electron chi connectivity index (χ3n) is 5.64. The summed E-state index contributed by atoms with van der Waals surface area (Å²) in [5.74, 6) is 1.44. The lowest BCUT2D eigenvalue weighted by atomic mass is 10.2. The Morgan fingerprint density at radius 3 is 2.67 bits per heavy atom. The number of furan rings is 1. The van der Waals surface area contributed by atoms with E-state index in [2.05, 4.69) is 21.0 Å². The summed E-state index contributed by atoms with van der Waals surface area (Å²) in [7, 11) is 3.95. The van der Waals surface area contributed by atoms with Crippen molar-refractivity contribution in [1.82, 2.24) is 9.66 Å². The third-order valence-corrected chi connectivity index (χ3v) is 6.13. The minimum atomic E-state index is -0.287. The van der Waals surface area contributed by atoms with Crippen LogP contribution in [-0.2, 0) is 0 Å². The van der Waals surface area contributed by atoms with Gasteiger partial charge in [0.1, 0.15) is 11.3 Å². The predicted octanol–water partition coefficient (Wildman–Crippen LogP) is 6.31. The Bertz CT molecular complexity index is 1670. The van der Waals surface area contributed by atoms with Crippen molar-refractivity contribution in [1.29, 1.82) is 0 Å². The Hall–Kier alpha value is -3.91. The van der Waals surface area contributed by atoms with E-state index in [1.54, 1.807) is 12.3 Å². The molecule has 0 fully saturated rings. The highest BCUT2D eigenvalue weighted by Gasteiger charge is 2.17. The maximum absolute atomic E-state index is 13.5. The first-order chi connectivity index (χ1) is 17.3. The fraction of sp³-hybridized carbons (Fsp3) is 0.179. The summed E-state index contributed by atoms with van der Waals surface area (Å²) in [6, 6.07) is 20.7. The molecule has 36 heavy (non-hydrogen) atoms. The van der Waals surface area contributed by atoms with Crippen molar-refractivity contribution in [2.45, 2.75) is 20.0 Å². The highest BCUT2D eigenvalue weighted by atomic mass is 79.9. The van der Waals surface area contributed by atoms with Crippen molar-refractivity contribution in [2.75, 3.05) is 19.0 Å². The van der Waals surface area contributed by atoms with Crippen LogP contribution in [0.5, 0.6) is 5.75 Å². The van der Waals surface area contributed by atoms with E-state index in [9.17, 15) is 4.79 Å². The van der Waals surface area contributed by atoms with Crippen molar-refractivity contribution in [3.63, 3.8) is 0 Å². The van der Waals surface area contributed by atoms with Crippen molar-refractivity contribution in [3.8, 4) is 17.3 Å². The van der Waals surface area contributed by atoms with Gasteiger partial charge in [-0.25, -0.2) is 4.98 Å². The van der Waals surface area contributed by atoms with Gasteiger partial charge in [0.2, 0.25) is 5.82 Å². The van der Waals surface area contributed by atoms with Gasteiger partial charge < -0.3 is 14.1 Å². The molecule has 0 atom stereocenters. The molecule has 0 N–H and O–H groups in total. The second-order valence-electron chi connectivity index (χ2n) is 8.89. The molecule has 2 aromatic heterocycles. The summed E-state index contributed by atoms with van der Waals surface area (Å²) in [6.07, 6.45) is 1.60. The molecule has 8 heteroatoms. The van der Waals surface area contributed by atoms with Crippen LogP contribution in [0.1, 0.15) is 19.4 Å². The van der Waals surface area contributed by atoms with Gasteiger partial charge >= 0.3 is 0 Å². The number of nitrogens with zero attached hydrogens (tertiary/aromatic N) is 4. The zero-order valence-electron chi connectivity index (χ0n) is 20.4. The molecule has 0 aliphatic heterocycles. The fourth-order valence-electron chi connectivity index (χ4n) is 3.90. The van der Waals surface area contributed by atoms with Crippen LogP contribution in [0.15, 0.2) is 85.5 Å². The lowest BCUT2D eigenvalue weighted by Gasteiger charge is -2.17. The molecule has 182 valence electrons. The van der Waals surface area contributed by atoms with Crippen molar-refractivity contribution >= 4 is 49.7 Å². The van der Waals surface area contributed by atoms with Crippen molar-refractivity contribution in [2.24, 2.45) is 5.10 Å². The summed E-state index contributed by atoms with van der Waals surface area (Å²) in [4.78, 5) is 20.3. The molecule has 5 rings (SSSR count). The minimum Gasteiger partial charge on any atom is -0.490 e. The number of rotatable bonds is 6. The number of hydrogen-bond donors (Lipinski definition) is 0. The van der Waals surface area contributed by atoms with Gasteiger partial charge in [0, 0.05) is 41.3 Å². The summed E-state index contributed by atoms with van der Waals surface area (Å²) in [5.41, 5.74) is 2.72. The van der Waals surface area contributed by atoms with E-state index in [1.807, 2.05) is 93.5 Å². The predicted molar refractivity (Wildman–Crippen MR) is 148 cm³/mol. The molecule has 0 aliphatic carbocycles. The van der Waals surface area contributed by atoms with E-state index < -0.39 is 0 Å². The van der Waals surface area contributed by atoms with E-state index in [1.165, 1.54) is 4.68 Å². The minimum absolute atomic E-state index is 0.0231. The number of ether oxygens (including phenoxy) is 1. The SMILES string of the molecule is CC(C)Oc1cc(N(C)C)ccc1C=Nn1c(-c2cc3cc(Br)ccc3o2)nc2ccccc2c1=O. The second kappa shape index (κ2) is 9.62. The number of aromatic nitrogens is 2. The quantitative estimate of drug-likeness (QED) is 0.234. The average molecular weight is 545 g/mol. The normalized spacial score (nSPS) is 11.7. The van der Waals surface area contributed by atoms with Crippen LogP contribution in [0.2, 0.25) is 0 Å². The van der Waals surface area contributed by atoms with Gasteiger partial charge in [-0.2, -0.15) is 9.78 Å². The molecule has 3 aromatic carbocycles. The number of halogens is 1. The van der Waals surface area contributed by atoms with Crippen LogP contribution in [0.4, 0.5) is 5.69 Å². The highest BCUT2D eigenvalue weighted by molar-refractivity contribution is 9.10.